The summed E-state index contributed by atoms with van der Waals surface area (Å²) in [6.45, 7) is 6.52. The number of hydrogen-bond donors (Lipinski definition) is 1. The van der Waals surface area contributed by atoms with E-state index in [4.69, 9.17) is 0 Å². The predicted octanol–water partition coefficient (Wildman–Crippen LogP) is 4.39. The molecule has 1 aromatic rings. The van der Waals surface area contributed by atoms with E-state index in [2.05, 4.69) is 20.8 Å². The fourth-order valence-corrected chi connectivity index (χ4v) is 2.30. The summed E-state index contributed by atoms with van der Waals surface area (Å²) in [5.74, 6) is 0.485. The third-order valence-electron chi connectivity index (χ3n) is 3.27. The van der Waals surface area contributed by atoms with Crippen LogP contribution in [0.15, 0.2) is 12.1 Å². The Morgan fingerprint density at radius 2 is 1.75 bits per heavy atom. The van der Waals surface area contributed by atoms with E-state index in [1.165, 1.54) is 42.4 Å². The van der Waals surface area contributed by atoms with E-state index in [9.17, 15) is 5.11 Å². The van der Waals surface area contributed by atoms with Crippen LogP contribution in [0.5, 0.6) is 5.75 Å². The van der Waals surface area contributed by atoms with Crippen LogP contribution in [-0.2, 0) is 12.8 Å². The summed E-state index contributed by atoms with van der Waals surface area (Å²) < 4.78 is 0. The molecule has 0 heterocycles. The molecular formula is C15H24O. The molecule has 0 radical (unpaired) electrons. The van der Waals surface area contributed by atoms with Crippen molar-refractivity contribution in [2.45, 2.75) is 59.3 Å². The maximum atomic E-state index is 9.90. The van der Waals surface area contributed by atoms with Gasteiger partial charge in [0.1, 0.15) is 5.75 Å². The number of phenols is 1. The van der Waals surface area contributed by atoms with Crippen LogP contribution in [0, 0.1) is 6.92 Å². The maximum absolute atomic E-state index is 9.90. The first-order chi connectivity index (χ1) is 7.70. The number of unbranched alkanes of at least 4 members (excludes halogenated alkanes) is 3. The summed E-state index contributed by atoms with van der Waals surface area (Å²) in [6.07, 6.45) is 7.07. The van der Waals surface area contributed by atoms with Gasteiger partial charge in [-0.1, -0.05) is 39.2 Å². The second-order valence-electron chi connectivity index (χ2n) is 4.52. The van der Waals surface area contributed by atoms with Gasteiger partial charge >= 0.3 is 0 Å². The van der Waals surface area contributed by atoms with Crippen LogP contribution >= 0.6 is 0 Å². The van der Waals surface area contributed by atoms with Gasteiger partial charge in [0.15, 0.2) is 0 Å². The second kappa shape index (κ2) is 6.57. The Kier molecular flexibility index (Phi) is 5.37. The molecule has 0 aliphatic heterocycles. The standard InChI is InChI=1S/C15H24O/c1-4-6-7-8-9-14-13(5-2)12(3)10-11-15(14)16/h10-11,16H,4-9H2,1-3H3. The first kappa shape index (κ1) is 13.1. The zero-order chi connectivity index (χ0) is 12.0. The third-order valence-corrected chi connectivity index (χ3v) is 3.27. The fraction of sp³-hybridized carbons (Fsp3) is 0.600. The van der Waals surface area contributed by atoms with Gasteiger partial charge in [-0.25, -0.2) is 0 Å². The minimum Gasteiger partial charge on any atom is -0.508 e. The summed E-state index contributed by atoms with van der Waals surface area (Å²) >= 11 is 0. The van der Waals surface area contributed by atoms with Crippen LogP contribution in [0.4, 0.5) is 0 Å². The van der Waals surface area contributed by atoms with Crippen molar-refractivity contribution in [3.05, 3.63) is 28.8 Å². The Hall–Kier alpha value is -0.980. The lowest BCUT2D eigenvalue weighted by molar-refractivity contribution is 0.464. The van der Waals surface area contributed by atoms with Gasteiger partial charge in [-0.3, -0.25) is 0 Å². The molecule has 0 aliphatic rings. The van der Waals surface area contributed by atoms with Gasteiger partial charge in [0.05, 0.1) is 0 Å². The highest BCUT2D eigenvalue weighted by Crippen LogP contribution is 2.26. The largest absolute Gasteiger partial charge is 0.508 e. The molecule has 1 nitrogen and oxygen atoms in total. The van der Waals surface area contributed by atoms with Crippen molar-refractivity contribution in [1.29, 1.82) is 0 Å². The van der Waals surface area contributed by atoms with Gasteiger partial charge in [-0.05, 0) is 48.9 Å². The van der Waals surface area contributed by atoms with Crippen molar-refractivity contribution in [2.75, 3.05) is 0 Å². The minimum atomic E-state index is 0.485. The molecule has 1 rings (SSSR count). The second-order valence-corrected chi connectivity index (χ2v) is 4.52. The molecule has 0 fully saturated rings. The Bertz CT molecular complexity index is 328. The van der Waals surface area contributed by atoms with Crippen molar-refractivity contribution in [2.24, 2.45) is 0 Å². The minimum absolute atomic E-state index is 0.485. The molecule has 0 unspecified atom stereocenters. The van der Waals surface area contributed by atoms with Crippen LogP contribution in [0.3, 0.4) is 0 Å². The Morgan fingerprint density at radius 1 is 1.00 bits per heavy atom. The van der Waals surface area contributed by atoms with Crippen molar-refractivity contribution in [3.63, 3.8) is 0 Å². The summed E-state index contributed by atoms with van der Waals surface area (Å²) in [5.41, 5.74) is 3.83. The molecule has 1 heteroatoms. The molecule has 0 aliphatic carbocycles. The average molecular weight is 220 g/mol. The highest BCUT2D eigenvalue weighted by Gasteiger charge is 2.08. The van der Waals surface area contributed by atoms with Crippen molar-refractivity contribution in [1.82, 2.24) is 0 Å². The molecule has 0 saturated heterocycles. The lowest BCUT2D eigenvalue weighted by Crippen LogP contribution is -1.97. The van der Waals surface area contributed by atoms with Crippen LogP contribution in [-0.4, -0.2) is 5.11 Å². The van der Waals surface area contributed by atoms with E-state index in [0.29, 0.717) is 5.75 Å². The molecule has 0 saturated carbocycles. The quantitative estimate of drug-likeness (QED) is 0.705. The zero-order valence-electron chi connectivity index (χ0n) is 10.8. The molecule has 0 bridgehead atoms. The first-order valence-corrected chi connectivity index (χ1v) is 6.51. The van der Waals surface area contributed by atoms with E-state index in [-0.39, 0.29) is 0 Å². The number of phenolic OH excluding ortho intramolecular Hbond substituents is 1. The lowest BCUT2D eigenvalue weighted by atomic mass is 9.94. The first-order valence-electron chi connectivity index (χ1n) is 6.51. The van der Waals surface area contributed by atoms with Crippen LogP contribution in [0.25, 0.3) is 0 Å². The molecule has 0 amide bonds. The number of rotatable bonds is 6. The molecular weight excluding hydrogens is 196 g/mol. The monoisotopic (exact) mass is 220 g/mol. The number of benzene rings is 1. The number of aryl methyl sites for hydroxylation is 1. The topological polar surface area (TPSA) is 20.2 Å². The fourth-order valence-electron chi connectivity index (χ4n) is 2.30. The van der Waals surface area contributed by atoms with Gasteiger partial charge in [0.25, 0.3) is 0 Å². The Morgan fingerprint density at radius 3 is 2.38 bits per heavy atom. The summed E-state index contributed by atoms with van der Waals surface area (Å²) in [4.78, 5) is 0. The summed E-state index contributed by atoms with van der Waals surface area (Å²) in [6, 6.07) is 3.85. The predicted molar refractivity (Wildman–Crippen MR) is 70.1 cm³/mol. The van der Waals surface area contributed by atoms with Gasteiger partial charge in [0.2, 0.25) is 0 Å². The third kappa shape index (κ3) is 3.26. The number of aromatic hydroxyl groups is 1. The van der Waals surface area contributed by atoms with Crippen LogP contribution in [0.1, 0.15) is 56.2 Å². The molecule has 90 valence electrons. The molecule has 0 atom stereocenters. The normalized spacial score (nSPS) is 10.7. The van der Waals surface area contributed by atoms with Crippen LogP contribution in [0.2, 0.25) is 0 Å². The van der Waals surface area contributed by atoms with Gasteiger partial charge in [-0.15, -0.1) is 0 Å². The van der Waals surface area contributed by atoms with Crippen molar-refractivity contribution < 1.29 is 5.11 Å². The Labute approximate surface area is 99.5 Å². The molecule has 1 N–H and O–H groups in total. The van der Waals surface area contributed by atoms with E-state index >= 15 is 0 Å². The average Bonchev–Trinajstić information content (AvgIpc) is 2.29. The van der Waals surface area contributed by atoms with Crippen molar-refractivity contribution in [3.8, 4) is 5.75 Å². The number of hydrogen-bond acceptors (Lipinski definition) is 1. The Balaban J connectivity index is 2.73. The molecule has 0 spiro atoms. The molecule has 16 heavy (non-hydrogen) atoms. The summed E-state index contributed by atoms with van der Waals surface area (Å²) in [5, 5.41) is 9.90. The molecule has 0 aromatic heterocycles. The molecule has 1 aromatic carbocycles. The smallest absolute Gasteiger partial charge is 0.119 e. The zero-order valence-corrected chi connectivity index (χ0v) is 10.8. The van der Waals surface area contributed by atoms with E-state index < -0.39 is 0 Å². The SMILES string of the molecule is CCCCCCc1c(O)ccc(C)c1CC. The van der Waals surface area contributed by atoms with Crippen molar-refractivity contribution >= 4 is 0 Å². The van der Waals surface area contributed by atoms with Gasteiger partial charge in [0, 0.05) is 0 Å². The highest BCUT2D eigenvalue weighted by molar-refractivity contribution is 5.44. The van der Waals surface area contributed by atoms with E-state index in [1.54, 1.807) is 0 Å². The van der Waals surface area contributed by atoms with Gasteiger partial charge in [-0.2, -0.15) is 0 Å². The van der Waals surface area contributed by atoms with Gasteiger partial charge < -0.3 is 5.11 Å². The maximum Gasteiger partial charge on any atom is 0.119 e. The van der Waals surface area contributed by atoms with E-state index in [0.717, 1.165) is 12.8 Å². The highest BCUT2D eigenvalue weighted by atomic mass is 16.3. The van der Waals surface area contributed by atoms with Crippen LogP contribution < -0.4 is 0 Å². The van der Waals surface area contributed by atoms with E-state index in [1.807, 2.05) is 12.1 Å². The summed E-state index contributed by atoms with van der Waals surface area (Å²) in [7, 11) is 0. The lowest BCUT2D eigenvalue weighted by Gasteiger charge is -2.13.